The summed E-state index contributed by atoms with van der Waals surface area (Å²) in [5.74, 6) is 0. The Morgan fingerprint density at radius 1 is 1.28 bits per heavy atom. The lowest BCUT2D eigenvalue weighted by Crippen LogP contribution is -2.43. The van der Waals surface area contributed by atoms with Crippen LogP contribution in [0.25, 0.3) is 0 Å². The van der Waals surface area contributed by atoms with Gasteiger partial charge in [-0.1, -0.05) is 0 Å². The fraction of sp³-hybridized carbons (Fsp3) is 0.923. The Kier molecular flexibility index (Phi) is 5.88. The molecule has 106 valence electrons. The maximum absolute atomic E-state index is 12.0. The molecule has 0 radical (unpaired) electrons. The minimum absolute atomic E-state index is 0.257. The van der Waals surface area contributed by atoms with Crippen molar-refractivity contribution in [2.24, 2.45) is 5.73 Å². The molecule has 1 rings (SSSR count). The van der Waals surface area contributed by atoms with E-state index in [1.165, 1.54) is 12.8 Å². The molecule has 0 bridgehead atoms. The van der Waals surface area contributed by atoms with Crippen molar-refractivity contribution in [3.63, 3.8) is 0 Å². The number of nitrogens with zero attached hydrogens (tertiary/aromatic N) is 2. The summed E-state index contributed by atoms with van der Waals surface area (Å²) < 4.78 is 5.38. The van der Waals surface area contributed by atoms with E-state index in [1.807, 2.05) is 20.8 Å². The first-order valence-electron chi connectivity index (χ1n) is 6.83. The van der Waals surface area contributed by atoms with Gasteiger partial charge in [-0.05, 0) is 46.7 Å². The van der Waals surface area contributed by atoms with Crippen molar-refractivity contribution in [2.45, 2.75) is 39.2 Å². The van der Waals surface area contributed by atoms with Crippen molar-refractivity contribution < 1.29 is 9.53 Å². The van der Waals surface area contributed by atoms with E-state index in [0.29, 0.717) is 19.6 Å². The molecular formula is C13H27N3O2. The molecule has 1 fully saturated rings. The number of amides is 1. The first kappa shape index (κ1) is 15.2. The Hall–Kier alpha value is -0.810. The van der Waals surface area contributed by atoms with Gasteiger partial charge in [0, 0.05) is 26.2 Å². The largest absolute Gasteiger partial charge is 0.444 e. The Balaban J connectivity index is 2.39. The highest BCUT2D eigenvalue weighted by Gasteiger charge is 2.22. The standard InChI is InChI=1S/C13H27N3O2/c1-13(2,3)18-12(17)16(9-6-14)11-10-15-7-4-5-8-15/h4-11,14H2,1-3H3. The second-order valence-corrected chi connectivity index (χ2v) is 5.80. The molecule has 5 heteroatoms. The zero-order valence-corrected chi connectivity index (χ0v) is 11.9. The van der Waals surface area contributed by atoms with Crippen molar-refractivity contribution >= 4 is 6.09 Å². The first-order chi connectivity index (χ1) is 8.42. The van der Waals surface area contributed by atoms with E-state index in [-0.39, 0.29) is 6.09 Å². The molecule has 1 amide bonds. The minimum atomic E-state index is -0.447. The number of hydrogen-bond acceptors (Lipinski definition) is 4. The van der Waals surface area contributed by atoms with E-state index in [9.17, 15) is 4.79 Å². The SMILES string of the molecule is CC(C)(C)OC(=O)N(CCN)CCN1CCCC1. The van der Waals surface area contributed by atoms with Gasteiger partial charge in [0.15, 0.2) is 0 Å². The van der Waals surface area contributed by atoms with E-state index < -0.39 is 5.60 Å². The van der Waals surface area contributed by atoms with Crippen molar-refractivity contribution in [1.82, 2.24) is 9.80 Å². The average Bonchev–Trinajstić information content (AvgIpc) is 2.74. The fourth-order valence-electron chi connectivity index (χ4n) is 2.05. The molecule has 2 N–H and O–H groups in total. The van der Waals surface area contributed by atoms with Gasteiger partial charge in [0.25, 0.3) is 0 Å². The highest BCUT2D eigenvalue weighted by atomic mass is 16.6. The Morgan fingerprint density at radius 2 is 1.89 bits per heavy atom. The summed E-state index contributed by atoms with van der Waals surface area (Å²) in [7, 11) is 0. The number of carbonyl (C=O) groups excluding carboxylic acids is 1. The van der Waals surface area contributed by atoms with Crippen LogP contribution in [0.3, 0.4) is 0 Å². The quantitative estimate of drug-likeness (QED) is 0.806. The maximum Gasteiger partial charge on any atom is 0.410 e. The zero-order valence-electron chi connectivity index (χ0n) is 11.9. The molecule has 1 heterocycles. The number of ether oxygens (including phenoxy) is 1. The summed E-state index contributed by atoms with van der Waals surface area (Å²) in [4.78, 5) is 16.1. The molecule has 0 aromatic carbocycles. The normalized spacial score (nSPS) is 16.9. The van der Waals surface area contributed by atoms with Crippen molar-refractivity contribution in [3.05, 3.63) is 0 Å². The summed E-state index contributed by atoms with van der Waals surface area (Å²) in [6, 6.07) is 0. The topological polar surface area (TPSA) is 58.8 Å². The molecule has 0 unspecified atom stereocenters. The highest BCUT2D eigenvalue weighted by Crippen LogP contribution is 2.11. The fourth-order valence-corrected chi connectivity index (χ4v) is 2.05. The third-order valence-corrected chi connectivity index (χ3v) is 2.94. The monoisotopic (exact) mass is 257 g/mol. The number of carbonyl (C=O) groups is 1. The van der Waals surface area contributed by atoms with Crippen LogP contribution in [0.1, 0.15) is 33.6 Å². The zero-order chi connectivity index (χ0) is 13.6. The molecule has 0 atom stereocenters. The predicted octanol–water partition coefficient (Wildman–Crippen LogP) is 1.28. The second kappa shape index (κ2) is 6.95. The van der Waals surface area contributed by atoms with Crippen molar-refractivity contribution in [2.75, 3.05) is 39.3 Å². The maximum atomic E-state index is 12.0. The van der Waals surface area contributed by atoms with Crippen LogP contribution >= 0.6 is 0 Å². The van der Waals surface area contributed by atoms with Gasteiger partial charge in [0.05, 0.1) is 0 Å². The van der Waals surface area contributed by atoms with Gasteiger partial charge in [-0.15, -0.1) is 0 Å². The van der Waals surface area contributed by atoms with Gasteiger partial charge in [0.2, 0.25) is 0 Å². The molecule has 0 aromatic heterocycles. The number of nitrogens with two attached hydrogens (primary N) is 1. The molecule has 5 nitrogen and oxygen atoms in total. The number of hydrogen-bond donors (Lipinski definition) is 1. The lowest BCUT2D eigenvalue weighted by Gasteiger charge is -2.28. The third kappa shape index (κ3) is 5.69. The van der Waals surface area contributed by atoms with Crippen molar-refractivity contribution in [1.29, 1.82) is 0 Å². The molecule has 0 saturated carbocycles. The Labute approximate surface area is 110 Å². The van der Waals surface area contributed by atoms with Crippen LogP contribution in [0.5, 0.6) is 0 Å². The van der Waals surface area contributed by atoms with Crippen LogP contribution in [-0.2, 0) is 4.74 Å². The lowest BCUT2D eigenvalue weighted by atomic mass is 10.2. The highest BCUT2D eigenvalue weighted by molar-refractivity contribution is 5.68. The smallest absolute Gasteiger partial charge is 0.410 e. The van der Waals surface area contributed by atoms with E-state index in [4.69, 9.17) is 10.5 Å². The predicted molar refractivity (Wildman–Crippen MR) is 72.5 cm³/mol. The van der Waals surface area contributed by atoms with Gasteiger partial charge < -0.3 is 20.3 Å². The Morgan fingerprint density at radius 3 is 2.39 bits per heavy atom. The summed E-state index contributed by atoms with van der Waals surface area (Å²) >= 11 is 0. The molecule has 1 saturated heterocycles. The van der Waals surface area contributed by atoms with E-state index in [1.54, 1.807) is 4.90 Å². The third-order valence-electron chi connectivity index (χ3n) is 2.94. The molecule has 0 aliphatic carbocycles. The van der Waals surface area contributed by atoms with Gasteiger partial charge in [0.1, 0.15) is 5.60 Å². The summed E-state index contributed by atoms with van der Waals surface area (Å²) in [6.45, 7) is 10.6. The summed E-state index contributed by atoms with van der Waals surface area (Å²) in [5.41, 5.74) is 5.10. The molecule has 0 spiro atoms. The molecule has 18 heavy (non-hydrogen) atoms. The average molecular weight is 257 g/mol. The van der Waals surface area contributed by atoms with Gasteiger partial charge in [-0.3, -0.25) is 0 Å². The van der Waals surface area contributed by atoms with Gasteiger partial charge in [-0.2, -0.15) is 0 Å². The molecular weight excluding hydrogens is 230 g/mol. The molecule has 1 aliphatic rings. The molecule has 1 aliphatic heterocycles. The van der Waals surface area contributed by atoms with E-state index >= 15 is 0 Å². The minimum Gasteiger partial charge on any atom is -0.444 e. The van der Waals surface area contributed by atoms with Crippen LogP contribution in [0.4, 0.5) is 4.79 Å². The lowest BCUT2D eigenvalue weighted by molar-refractivity contribution is 0.0242. The van der Waals surface area contributed by atoms with Crippen LogP contribution < -0.4 is 5.73 Å². The van der Waals surface area contributed by atoms with Crippen LogP contribution in [0.15, 0.2) is 0 Å². The number of likely N-dealkylation sites (tertiary alicyclic amines) is 1. The number of rotatable bonds is 5. The van der Waals surface area contributed by atoms with E-state index in [2.05, 4.69) is 4.90 Å². The summed E-state index contributed by atoms with van der Waals surface area (Å²) in [6.07, 6.45) is 2.28. The Bertz CT molecular complexity index is 257. The van der Waals surface area contributed by atoms with Crippen molar-refractivity contribution in [3.8, 4) is 0 Å². The van der Waals surface area contributed by atoms with Crippen LogP contribution in [-0.4, -0.2) is 60.8 Å². The van der Waals surface area contributed by atoms with Crippen LogP contribution in [0, 0.1) is 0 Å². The molecule has 0 aromatic rings. The second-order valence-electron chi connectivity index (χ2n) is 5.80. The van der Waals surface area contributed by atoms with Gasteiger partial charge >= 0.3 is 6.09 Å². The van der Waals surface area contributed by atoms with E-state index in [0.717, 1.165) is 19.6 Å². The van der Waals surface area contributed by atoms with Gasteiger partial charge in [-0.25, -0.2) is 4.79 Å². The first-order valence-corrected chi connectivity index (χ1v) is 6.83. The summed E-state index contributed by atoms with van der Waals surface area (Å²) in [5, 5.41) is 0. The van der Waals surface area contributed by atoms with Crippen LogP contribution in [0.2, 0.25) is 0 Å².